The number of nitrogens with zero attached hydrogens (tertiary/aromatic N) is 1. The number of nitrogens with one attached hydrogen (secondary N) is 1. The number of aryl methyl sites for hydroxylation is 1. The first-order chi connectivity index (χ1) is 9.52. The summed E-state index contributed by atoms with van der Waals surface area (Å²) in [7, 11) is 1.74. The van der Waals surface area contributed by atoms with Gasteiger partial charge in [0.15, 0.2) is 0 Å². The van der Waals surface area contributed by atoms with Crippen LogP contribution in [0.2, 0.25) is 0 Å². The fourth-order valence-corrected chi connectivity index (χ4v) is 2.81. The zero-order valence-electron chi connectivity index (χ0n) is 13.3. The Morgan fingerprint density at radius 1 is 1.35 bits per heavy atom. The monoisotopic (exact) mass is 276 g/mol. The molecular formula is C17H28N2O. The summed E-state index contributed by atoms with van der Waals surface area (Å²) in [5.41, 5.74) is 4.57. The highest BCUT2D eigenvalue weighted by Gasteiger charge is 2.29. The van der Waals surface area contributed by atoms with E-state index in [0.29, 0.717) is 5.41 Å². The maximum Gasteiger partial charge on any atom is 0.0587 e. The summed E-state index contributed by atoms with van der Waals surface area (Å²) < 4.78 is 5.05. The third-order valence-electron chi connectivity index (χ3n) is 4.17. The Morgan fingerprint density at radius 3 is 2.75 bits per heavy atom. The summed E-state index contributed by atoms with van der Waals surface area (Å²) in [5.74, 6) is 0. The predicted molar refractivity (Wildman–Crippen MR) is 85.4 cm³/mol. The molecule has 1 aromatic rings. The average molecular weight is 276 g/mol. The molecule has 0 amide bonds. The van der Waals surface area contributed by atoms with E-state index in [4.69, 9.17) is 4.74 Å². The minimum atomic E-state index is 0.453. The van der Waals surface area contributed by atoms with Gasteiger partial charge in [-0.3, -0.25) is 0 Å². The standard InChI is InChI=1S/C17H28N2O/c1-14-11-16(19-9-7-17(2,3)13-19)6-5-15(14)12-18-8-10-20-4/h5-6,11,18H,7-10,12-13H2,1-4H3. The Kier molecular flexibility index (Phi) is 5.06. The van der Waals surface area contributed by atoms with Crippen LogP contribution in [0.4, 0.5) is 5.69 Å². The van der Waals surface area contributed by atoms with Gasteiger partial charge < -0.3 is 15.0 Å². The second-order valence-corrected chi connectivity index (χ2v) is 6.62. The molecular weight excluding hydrogens is 248 g/mol. The molecule has 1 aliphatic heterocycles. The van der Waals surface area contributed by atoms with Crippen molar-refractivity contribution in [1.82, 2.24) is 5.32 Å². The van der Waals surface area contributed by atoms with Gasteiger partial charge in [0.2, 0.25) is 0 Å². The SMILES string of the molecule is COCCNCc1ccc(N2CCC(C)(C)C2)cc1C. The van der Waals surface area contributed by atoms with Crippen molar-refractivity contribution in [2.24, 2.45) is 5.41 Å². The highest BCUT2D eigenvalue weighted by molar-refractivity contribution is 5.51. The first kappa shape index (κ1) is 15.3. The Labute approximate surface area is 123 Å². The Bertz CT molecular complexity index is 443. The van der Waals surface area contributed by atoms with Crippen LogP contribution < -0.4 is 10.2 Å². The molecule has 1 aromatic carbocycles. The van der Waals surface area contributed by atoms with E-state index < -0.39 is 0 Å². The van der Waals surface area contributed by atoms with Crippen molar-refractivity contribution in [2.75, 3.05) is 38.3 Å². The van der Waals surface area contributed by atoms with Crippen molar-refractivity contribution < 1.29 is 4.74 Å². The molecule has 0 radical (unpaired) electrons. The highest BCUT2D eigenvalue weighted by atomic mass is 16.5. The third kappa shape index (κ3) is 3.97. The van der Waals surface area contributed by atoms with Gasteiger partial charge in [-0.15, -0.1) is 0 Å². The fourth-order valence-electron chi connectivity index (χ4n) is 2.81. The van der Waals surface area contributed by atoms with E-state index >= 15 is 0 Å². The van der Waals surface area contributed by atoms with E-state index in [1.165, 1.54) is 29.8 Å². The maximum atomic E-state index is 5.05. The number of rotatable bonds is 6. The van der Waals surface area contributed by atoms with E-state index in [9.17, 15) is 0 Å². The van der Waals surface area contributed by atoms with Crippen molar-refractivity contribution in [1.29, 1.82) is 0 Å². The van der Waals surface area contributed by atoms with Crippen molar-refractivity contribution in [2.45, 2.75) is 33.7 Å². The van der Waals surface area contributed by atoms with Crippen LogP contribution in [0.25, 0.3) is 0 Å². The molecule has 1 aliphatic rings. The lowest BCUT2D eigenvalue weighted by molar-refractivity contribution is 0.199. The van der Waals surface area contributed by atoms with Gasteiger partial charge in [0.1, 0.15) is 0 Å². The summed E-state index contributed by atoms with van der Waals surface area (Å²) in [5, 5.41) is 3.41. The molecule has 1 heterocycles. The molecule has 0 saturated carbocycles. The smallest absolute Gasteiger partial charge is 0.0587 e. The molecule has 0 bridgehead atoms. The van der Waals surface area contributed by atoms with E-state index in [0.717, 1.165) is 26.2 Å². The minimum Gasteiger partial charge on any atom is -0.383 e. The predicted octanol–water partition coefficient (Wildman–Crippen LogP) is 2.97. The average Bonchev–Trinajstić information content (AvgIpc) is 2.76. The number of methoxy groups -OCH3 is 1. The molecule has 112 valence electrons. The van der Waals surface area contributed by atoms with Crippen LogP contribution in [0.5, 0.6) is 0 Å². The van der Waals surface area contributed by atoms with E-state index in [1.807, 2.05) is 0 Å². The largest absolute Gasteiger partial charge is 0.383 e. The number of ether oxygens (including phenoxy) is 1. The second-order valence-electron chi connectivity index (χ2n) is 6.62. The van der Waals surface area contributed by atoms with Crippen LogP contribution in [0.15, 0.2) is 18.2 Å². The normalized spacial score (nSPS) is 17.7. The van der Waals surface area contributed by atoms with Crippen LogP contribution in [0, 0.1) is 12.3 Å². The lowest BCUT2D eigenvalue weighted by Gasteiger charge is -2.22. The minimum absolute atomic E-state index is 0.453. The molecule has 1 fully saturated rings. The van der Waals surface area contributed by atoms with Crippen LogP contribution >= 0.6 is 0 Å². The van der Waals surface area contributed by atoms with Crippen LogP contribution in [0.1, 0.15) is 31.4 Å². The van der Waals surface area contributed by atoms with Gasteiger partial charge in [-0.05, 0) is 42.0 Å². The zero-order chi connectivity index (χ0) is 14.6. The molecule has 0 aromatic heterocycles. The first-order valence-electron chi connectivity index (χ1n) is 7.56. The van der Waals surface area contributed by atoms with E-state index in [2.05, 4.69) is 49.2 Å². The van der Waals surface area contributed by atoms with Crippen molar-refractivity contribution >= 4 is 5.69 Å². The lowest BCUT2D eigenvalue weighted by Crippen LogP contribution is -2.23. The zero-order valence-corrected chi connectivity index (χ0v) is 13.3. The molecule has 0 unspecified atom stereocenters. The third-order valence-corrected chi connectivity index (χ3v) is 4.17. The number of hydrogen-bond donors (Lipinski definition) is 1. The molecule has 3 nitrogen and oxygen atoms in total. The Morgan fingerprint density at radius 2 is 2.15 bits per heavy atom. The van der Waals surface area contributed by atoms with Gasteiger partial charge in [-0.2, -0.15) is 0 Å². The molecule has 3 heteroatoms. The van der Waals surface area contributed by atoms with Crippen LogP contribution in [-0.4, -0.2) is 33.4 Å². The van der Waals surface area contributed by atoms with Crippen molar-refractivity contribution in [3.8, 4) is 0 Å². The van der Waals surface area contributed by atoms with Gasteiger partial charge in [-0.25, -0.2) is 0 Å². The molecule has 2 rings (SSSR count). The Balaban J connectivity index is 1.95. The molecule has 1 N–H and O–H groups in total. The summed E-state index contributed by atoms with van der Waals surface area (Å²) in [6.07, 6.45) is 1.28. The summed E-state index contributed by atoms with van der Waals surface area (Å²) in [6, 6.07) is 6.85. The molecule has 0 atom stereocenters. The molecule has 1 saturated heterocycles. The van der Waals surface area contributed by atoms with Gasteiger partial charge in [0.05, 0.1) is 6.61 Å². The topological polar surface area (TPSA) is 24.5 Å². The summed E-state index contributed by atoms with van der Waals surface area (Å²) >= 11 is 0. The fraction of sp³-hybridized carbons (Fsp3) is 0.647. The number of benzene rings is 1. The quantitative estimate of drug-likeness (QED) is 0.809. The van der Waals surface area contributed by atoms with Crippen LogP contribution in [0.3, 0.4) is 0 Å². The lowest BCUT2D eigenvalue weighted by atomic mass is 9.93. The van der Waals surface area contributed by atoms with Crippen molar-refractivity contribution in [3.05, 3.63) is 29.3 Å². The van der Waals surface area contributed by atoms with Crippen LogP contribution in [-0.2, 0) is 11.3 Å². The van der Waals surface area contributed by atoms with Gasteiger partial charge in [-0.1, -0.05) is 19.9 Å². The Hall–Kier alpha value is -1.06. The van der Waals surface area contributed by atoms with Crippen molar-refractivity contribution in [3.63, 3.8) is 0 Å². The van der Waals surface area contributed by atoms with Gasteiger partial charge in [0, 0.05) is 39.0 Å². The maximum absolute atomic E-state index is 5.05. The van der Waals surface area contributed by atoms with Gasteiger partial charge in [0.25, 0.3) is 0 Å². The van der Waals surface area contributed by atoms with E-state index in [-0.39, 0.29) is 0 Å². The first-order valence-corrected chi connectivity index (χ1v) is 7.56. The van der Waals surface area contributed by atoms with E-state index in [1.54, 1.807) is 7.11 Å². The van der Waals surface area contributed by atoms with Gasteiger partial charge >= 0.3 is 0 Å². The second kappa shape index (κ2) is 6.59. The molecule has 0 aliphatic carbocycles. The number of hydrogen-bond acceptors (Lipinski definition) is 3. The molecule has 0 spiro atoms. The highest BCUT2D eigenvalue weighted by Crippen LogP contribution is 2.33. The number of anilines is 1. The summed E-state index contributed by atoms with van der Waals surface area (Å²) in [6.45, 7) is 11.8. The molecule has 20 heavy (non-hydrogen) atoms. The summed E-state index contributed by atoms with van der Waals surface area (Å²) in [4.78, 5) is 2.51.